The minimum absolute atomic E-state index is 0.128. The molecule has 0 atom stereocenters. The highest BCUT2D eigenvalue weighted by Crippen LogP contribution is 2.27. The molecule has 0 spiro atoms. The Labute approximate surface area is 105 Å². The van der Waals surface area contributed by atoms with Crippen LogP contribution in [0.15, 0.2) is 36.7 Å². The van der Waals surface area contributed by atoms with Crippen LogP contribution in [0.5, 0.6) is 5.75 Å². The highest BCUT2D eigenvalue weighted by atomic mass is 35.5. The summed E-state index contributed by atoms with van der Waals surface area (Å²) in [6.07, 6.45) is 3.51. The van der Waals surface area contributed by atoms with Gasteiger partial charge in [-0.2, -0.15) is 0 Å². The van der Waals surface area contributed by atoms with Gasteiger partial charge in [0, 0.05) is 18.3 Å². The lowest BCUT2D eigenvalue weighted by Gasteiger charge is -2.10. The maximum Gasteiger partial charge on any atom is 0.139 e. The van der Waals surface area contributed by atoms with Gasteiger partial charge in [0.15, 0.2) is 0 Å². The van der Waals surface area contributed by atoms with Crippen molar-refractivity contribution in [3.63, 3.8) is 0 Å². The Bertz CT molecular complexity index is 529. The number of nitrogens with zero attached hydrogens (tertiary/aromatic N) is 1. The summed E-state index contributed by atoms with van der Waals surface area (Å²) >= 11 is 5.84. The number of rotatable bonds is 3. The van der Waals surface area contributed by atoms with Crippen molar-refractivity contribution in [1.82, 2.24) is 4.98 Å². The number of pyridine rings is 1. The number of phenolic OH excluding ortho intramolecular Hbond substituents is 1. The smallest absolute Gasteiger partial charge is 0.139 e. The number of aryl methyl sites for hydroxylation is 1. The van der Waals surface area contributed by atoms with E-state index in [2.05, 4.69) is 10.3 Å². The van der Waals surface area contributed by atoms with E-state index in [0.717, 1.165) is 16.8 Å². The van der Waals surface area contributed by atoms with Crippen LogP contribution in [-0.4, -0.2) is 10.1 Å². The van der Waals surface area contributed by atoms with Crippen molar-refractivity contribution in [2.24, 2.45) is 0 Å². The van der Waals surface area contributed by atoms with Gasteiger partial charge in [0.2, 0.25) is 0 Å². The number of hydrogen-bond donors (Lipinski definition) is 2. The van der Waals surface area contributed by atoms with Gasteiger partial charge >= 0.3 is 0 Å². The van der Waals surface area contributed by atoms with Crippen LogP contribution < -0.4 is 5.32 Å². The Balaban J connectivity index is 2.13. The molecule has 1 aromatic heterocycles. The quantitative estimate of drug-likeness (QED) is 0.876. The highest BCUT2D eigenvalue weighted by molar-refractivity contribution is 6.32. The van der Waals surface area contributed by atoms with Crippen molar-refractivity contribution in [3.8, 4) is 5.75 Å². The summed E-state index contributed by atoms with van der Waals surface area (Å²) in [5.74, 6) is 0.128. The summed E-state index contributed by atoms with van der Waals surface area (Å²) in [4.78, 5) is 4.05. The van der Waals surface area contributed by atoms with Crippen LogP contribution in [0.4, 0.5) is 5.69 Å². The third-order valence-corrected chi connectivity index (χ3v) is 2.88. The SMILES string of the molecule is Cc1ccncc1NCc1cccc(Cl)c1O. The van der Waals surface area contributed by atoms with Crippen LogP contribution in [-0.2, 0) is 6.54 Å². The van der Waals surface area contributed by atoms with Gasteiger partial charge in [0.1, 0.15) is 5.75 Å². The van der Waals surface area contributed by atoms with Crippen LogP contribution in [0.3, 0.4) is 0 Å². The number of halogens is 1. The molecular weight excluding hydrogens is 236 g/mol. The van der Waals surface area contributed by atoms with Gasteiger partial charge in [-0.05, 0) is 24.6 Å². The highest BCUT2D eigenvalue weighted by Gasteiger charge is 2.05. The van der Waals surface area contributed by atoms with Crippen molar-refractivity contribution in [1.29, 1.82) is 0 Å². The summed E-state index contributed by atoms with van der Waals surface area (Å²) in [5, 5.41) is 13.3. The van der Waals surface area contributed by atoms with Gasteiger partial charge in [-0.3, -0.25) is 4.98 Å². The van der Waals surface area contributed by atoms with Crippen LogP contribution >= 0.6 is 11.6 Å². The normalized spacial score (nSPS) is 10.2. The lowest BCUT2D eigenvalue weighted by atomic mass is 10.2. The number of anilines is 1. The number of aromatic hydroxyl groups is 1. The molecule has 1 aromatic carbocycles. The van der Waals surface area contributed by atoms with E-state index >= 15 is 0 Å². The van der Waals surface area contributed by atoms with E-state index in [4.69, 9.17) is 11.6 Å². The first-order chi connectivity index (χ1) is 8.18. The van der Waals surface area contributed by atoms with Gasteiger partial charge in [-0.25, -0.2) is 0 Å². The average molecular weight is 249 g/mol. The molecule has 0 saturated heterocycles. The van der Waals surface area contributed by atoms with Crippen molar-refractivity contribution >= 4 is 17.3 Å². The lowest BCUT2D eigenvalue weighted by Crippen LogP contribution is -2.01. The van der Waals surface area contributed by atoms with Crippen LogP contribution in [0.1, 0.15) is 11.1 Å². The third kappa shape index (κ3) is 2.68. The molecule has 3 nitrogen and oxygen atoms in total. The molecule has 2 rings (SSSR count). The first-order valence-electron chi connectivity index (χ1n) is 5.29. The molecule has 2 aromatic rings. The number of aromatic nitrogens is 1. The maximum atomic E-state index is 9.76. The molecule has 0 aliphatic heterocycles. The van der Waals surface area contributed by atoms with E-state index < -0.39 is 0 Å². The van der Waals surface area contributed by atoms with Crippen molar-refractivity contribution in [2.75, 3.05) is 5.32 Å². The predicted octanol–water partition coefficient (Wildman–Crippen LogP) is 3.36. The fourth-order valence-electron chi connectivity index (χ4n) is 1.54. The fraction of sp³-hybridized carbons (Fsp3) is 0.154. The lowest BCUT2D eigenvalue weighted by molar-refractivity contribution is 0.469. The molecule has 0 fully saturated rings. The standard InChI is InChI=1S/C13H13ClN2O/c1-9-5-6-15-8-12(9)16-7-10-3-2-4-11(14)13(10)17/h2-6,8,16-17H,7H2,1H3. The molecule has 0 amide bonds. The molecule has 0 bridgehead atoms. The number of para-hydroxylation sites is 1. The van der Waals surface area contributed by atoms with E-state index in [0.29, 0.717) is 11.6 Å². The topological polar surface area (TPSA) is 45.2 Å². The molecule has 2 N–H and O–H groups in total. The van der Waals surface area contributed by atoms with E-state index in [9.17, 15) is 5.11 Å². The van der Waals surface area contributed by atoms with Crippen molar-refractivity contribution in [3.05, 3.63) is 52.8 Å². The van der Waals surface area contributed by atoms with Gasteiger partial charge in [0.25, 0.3) is 0 Å². The summed E-state index contributed by atoms with van der Waals surface area (Å²) < 4.78 is 0. The Kier molecular flexibility index (Phi) is 3.49. The fourth-order valence-corrected chi connectivity index (χ4v) is 1.74. The van der Waals surface area contributed by atoms with E-state index in [1.54, 1.807) is 18.5 Å². The molecule has 0 aliphatic carbocycles. The monoisotopic (exact) mass is 248 g/mol. The van der Waals surface area contributed by atoms with E-state index in [-0.39, 0.29) is 5.75 Å². The summed E-state index contributed by atoms with van der Waals surface area (Å²) in [6, 6.07) is 7.24. The van der Waals surface area contributed by atoms with Gasteiger partial charge < -0.3 is 10.4 Å². The largest absolute Gasteiger partial charge is 0.506 e. The zero-order valence-corrected chi connectivity index (χ0v) is 10.2. The van der Waals surface area contributed by atoms with Gasteiger partial charge in [0.05, 0.1) is 16.9 Å². The Morgan fingerprint density at radius 1 is 1.35 bits per heavy atom. The second-order valence-electron chi connectivity index (χ2n) is 3.79. The number of phenols is 1. The zero-order chi connectivity index (χ0) is 12.3. The second kappa shape index (κ2) is 5.06. The summed E-state index contributed by atoms with van der Waals surface area (Å²) in [7, 11) is 0. The molecule has 0 aliphatic rings. The average Bonchev–Trinajstić information content (AvgIpc) is 2.33. The van der Waals surface area contributed by atoms with Crippen LogP contribution in [0.2, 0.25) is 5.02 Å². The molecule has 1 heterocycles. The zero-order valence-electron chi connectivity index (χ0n) is 9.44. The van der Waals surface area contributed by atoms with Gasteiger partial charge in [-0.1, -0.05) is 23.7 Å². The molecule has 17 heavy (non-hydrogen) atoms. The molecule has 0 saturated carbocycles. The maximum absolute atomic E-state index is 9.76. The first kappa shape index (κ1) is 11.7. The molecule has 0 radical (unpaired) electrons. The van der Waals surface area contributed by atoms with Crippen LogP contribution in [0.25, 0.3) is 0 Å². The molecule has 4 heteroatoms. The summed E-state index contributed by atoms with van der Waals surface area (Å²) in [5.41, 5.74) is 2.83. The number of hydrogen-bond acceptors (Lipinski definition) is 3. The minimum atomic E-state index is 0.128. The van der Waals surface area contributed by atoms with Crippen LogP contribution in [0, 0.1) is 6.92 Å². The Morgan fingerprint density at radius 2 is 2.18 bits per heavy atom. The molecule has 88 valence electrons. The first-order valence-corrected chi connectivity index (χ1v) is 5.67. The van der Waals surface area contributed by atoms with Crippen molar-refractivity contribution in [2.45, 2.75) is 13.5 Å². The Morgan fingerprint density at radius 3 is 2.94 bits per heavy atom. The molecule has 0 unspecified atom stereocenters. The summed E-state index contributed by atoms with van der Waals surface area (Å²) in [6.45, 7) is 2.51. The number of nitrogens with one attached hydrogen (secondary N) is 1. The second-order valence-corrected chi connectivity index (χ2v) is 4.20. The van der Waals surface area contributed by atoms with Crippen molar-refractivity contribution < 1.29 is 5.11 Å². The third-order valence-electron chi connectivity index (χ3n) is 2.58. The predicted molar refractivity (Wildman–Crippen MR) is 69.4 cm³/mol. The van der Waals surface area contributed by atoms with E-state index in [1.807, 2.05) is 25.1 Å². The van der Waals surface area contributed by atoms with Gasteiger partial charge in [-0.15, -0.1) is 0 Å². The Hall–Kier alpha value is -1.74. The molecular formula is C13H13ClN2O. The number of benzene rings is 1. The minimum Gasteiger partial charge on any atom is -0.506 e. The van der Waals surface area contributed by atoms with E-state index in [1.165, 1.54) is 0 Å².